The van der Waals surface area contributed by atoms with Crippen LogP contribution in [0.4, 0.5) is 5.95 Å². The number of hydrogen-bond acceptors (Lipinski definition) is 5. The number of carbonyl (C=O) groups is 1. The lowest BCUT2D eigenvalue weighted by Gasteiger charge is -2.34. The van der Waals surface area contributed by atoms with Crippen molar-refractivity contribution in [2.75, 3.05) is 18.0 Å². The molecular weight excluding hydrogens is 376 g/mol. The molecule has 3 heterocycles. The quantitative estimate of drug-likeness (QED) is 0.624. The minimum atomic E-state index is -0.116. The van der Waals surface area contributed by atoms with E-state index in [2.05, 4.69) is 16.0 Å². The molecule has 0 N–H and O–H groups in total. The molecule has 1 saturated heterocycles. The van der Waals surface area contributed by atoms with Gasteiger partial charge in [-0.15, -0.1) is 0 Å². The third kappa shape index (κ3) is 3.90. The number of aromatic nitrogens is 3. The number of piperidine rings is 1. The molecule has 0 radical (unpaired) electrons. The predicted molar refractivity (Wildman–Crippen MR) is 118 cm³/mol. The van der Waals surface area contributed by atoms with Crippen LogP contribution in [0.2, 0.25) is 0 Å². The fraction of sp³-hybridized carbons (Fsp3) is 0.333. The second-order valence-corrected chi connectivity index (χ2v) is 8.04. The first-order valence-electron chi connectivity index (χ1n) is 10.3. The summed E-state index contributed by atoms with van der Waals surface area (Å²) in [5.74, 6) is 0.668. The predicted octanol–water partition coefficient (Wildman–Crippen LogP) is 3.56. The molecule has 1 fully saturated rings. The van der Waals surface area contributed by atoms with E-state index in [1.54, 1.807) is 30.1 Å². The minimum absolute atomic E-state index is 0.110. The van der Waals surface area contributed by atoms with Crippen molar-refractivity contribution in [3.05, 3.63) is 75.8 Å². The van der Waals surface area contributed by atoms with Crippen LogP contribution in [-0.2, 0) is 7.05 Å². The molecule has 1 aromatic carbocycles. The first kappa shape index (κ1) is 20.0. The van der Waals surface area contributed by atoms with Crippen molar-refractivity contribution in [3.63, 3.8) is 0 Å². The molecule has 30 heavy (non-hydrogen) atoms. The van der Waals surface area contributed by atoms with E-state index in [9.17, 15) is 9.59 Å². The Kier molecular flexibility index (Phi) is 5.48. The summed E-state index contributed by atoms with van der Waals surface area (Å²) in [4.78, 5) is 36.7. The highest BCUT2D eigenvalue weighted by Gasteiger charge is 2.29. The van der Waals surface area contributed by atoms with Crippen LogP contribution in [0.15, 0.2) is 53.6 Å². The second kappa shape index (κ2) is 8.22. The summed E-state index contributed by atoms with van der Waals surface area (Å²) in [6, 6.07) is 11.2. The van der Waals surface area contributed by atoms with E-state index in [1.807, 2.05) is 38.1 Å². The fourth-order valence-electron chi connectivity index (χ4n) is 4.16. The smallest absolute Gasteiger partial charge is 0.255 e. The molecule has 0 amide bonds. The summed E-state index contributed by atoms with van der Waals surface area (Å²) in [5, 5.41) is 0. The number of aryl methyl sites for hydroxylation is 2. The van der Waals surface area contributed by atoms with Crippen LogP contribution in [-0.4, -0.2) is 33.4 Å². The average Bonchev–Trinajstić information content (AvgIpc) is 2.76. The van der Waals surface area contributed by atoms with Crippen molar-refractivity contribution in [1.29, 1.82) is 0 Å². The number of hydrogen-bond donors (Lipinski definition) is 0. The maximum atomic E-state index is 13.2. The van der Waals surface area contributed by atoms with E-state index in [0.717, 1.165) is 41.6 Å². The molecule has 4 rings (SSSR count). The van der Waals surface area contributed by atoms with Gasteiger partial charge in [-0.3, -0.25) is 19.1 Å². The lowest BCUT2D eigenvalue weighted by Crippen LogP contribution is -2.42. The minimum Gasteiger partial charge on any atom is -0.341 e. The molecule has 6 heteroatoms. The Morgan fingerprint density at radius 1 is 1.10 bits per heavy atom. The normalized spacial score (nSPS) is 16.5. The lowest BCUT2D eigenvalue weighted by molar-refractivity contribution is 0.0906. The lowest BCUT2D eigenvalue weighted by atomic mass is 9.88. The van der Waals surface area contributed by atoms with Crippen LogP contribution in [0.3, 0.4) is 0 Å². The Hall–Kier alpha value is -3.28. The first-order valence-corrected chi connectivity index (χ1v) is 10.3. The van der Waals surface area contributed by atoms with Crippen LogP contribution >= 0.6 is 0 Å². The zero-order chi connectivity index (χ0) is 21.3. The van der Waals surface area contributed by atoms with Gasteiger partial charge in [0, 0.05) is 55.6 Å². The number of Topliss-reactive ketones (excluding diaryl/α,β-unsaturated/α-hetero) is 1. The summed E-state index contributed by atoms with van der Waals surface area (Å²) < 4.78 is 1.56. The summed E-state index contributed by atoms with van der Waals surface area (Å²) in [6.45, 7) is 5.36. The Morgan fingerprint density at radius 3 is 2.60 bits per heavy atom. The SMILES string of the molecule is Cc1ccc(C(=O)C2CCCN(c3nc(-c4ccncc4)cc(=O)n3C)C2)c(C)c1. The largest absolute Gasteiger partial charge is 0.341 e. The van der Waals surface area contributed by atoms with E-state index in [-0.39, 0.29) is 17.3 Å². The second-order valence-electron chi connectivity index (χ2n) is 8.04. The number of rotatable bonds is 4. The number of pyridine rings is 1. The zero-order valence-electron chi connectivity index (χ0n) is 17.6. The highest BCUT2D eigenvalue weighted by Crippen LogP contribution is 2.26. The number of ketones is 1. The van der Waals surface area contributed by atoms with E-state index in [0.29, 0.717) is 18.2 Å². The van der Waals surface area contributed by atoms with E-state index >= 15 is 0 Å². The fourth-order valence-corrected chi connectivity index (χ4v) is 4.16. The Morgan fingerprint density at radius 2 is 1.87 bits per heavy atom. The van der Waals surface area contributed by atoms with Crippen LogP contribution in [0.1, 0.15) is 34.3 Å². The van der Waals surface area contributed by atoms with Crippen LogP contribution in [0, 0.1) is 19.8 Å². The molecular formula is C24H26N4O2. The maximum absolute atomic E-state index is 13.2. The molecule has 0 aliphatic carbocycles. The van der Waals surface area contributed by atoms with Gasteiger partial charge in [0.2, 0.25) is 5.95 Å². The third-order valence-corrected chi connectivity index (χ3v) is 5.81. The summed E-state index contributed by atoms with van der Waals surface area (Å²) in [6.07, 6.45) is 5.11. The van der Waals surface area contributed by atoms with Crippen LogP contribution < -0.4 is 10.5 Å². The van der Waals surface area contributed by atoms with Gasteiger partial charge in [-0.1, -0.05) is 23.8 Å². The van der Waals surface area contributed by atoms with Crippen LogP contribution in [0.25, 0.3) is 11.3 Å². The summed E-state index contributed by atoms with van der Waals surface area (Å²) in [7, 11) is 1.73. The van der Waals surface area contributed by atoms with Gasteiger partial charge in [0.15, 0.2) is 5.78 Å². The number of benzene rings is 1. The van der Waals surface area contributed by atoms with Crippen molar-refractivity contribution in [2.45, 2.75) is 26.7 Å². The van der Waals surface area contributed by atoms with Crippen molar-refractivity contribution < 1.29 is 4.79 Å². The Balaban J connectivity index is 1.64. The number of nitrogens with zero attached hydrogens (tertiary/aromatic N) is 4. The van der Waals surface area contributed by atoms with Crippen molar-refractivity contribution in [3.8, 4) is 11.3 Å². The molecule has 6 nitrogen and oxygen atoms in total. The molecule has 154 valence electrons. The van der Waals surface area contributed by atoms with Gasteiger partial charge in [-0.25, -0.2) is 4.98 Å². The molecule has 1 unspecified atom stereocenters. The maximum Gasteiger partial charge on any atom is 0.255 e. The standard InChI is InChI=1S/C24H26N4O2/c1-16-6-7-20(17(2)13-16)23(30)19-5-4-12-28(15-19)24-26-21(14-22(29)27(24)3)18-8-10-25-11-9-18/h6-11,13-14,19H,4-5,12,15H2,1-3H3. The van der Waals surface area contributed by atoms with Crippen molar-refractivity contribution in [2.24, 2.45) is 13.0 Å². The van der Waals surface area contributed by atoms with Gasteiger partial charge in [-0.2, -0.15) is 0 Å². The van der Waals surface area contributed by atoms with Gasteiger partial charge in [0.25, 0.3) is 5.56 Å². The highest BCUT2D eigenvalue weighted by atomic mass is 16.1. The first-order chi connectivity index (χ1) is 14.4. The molecule has 3 aromatic rings. The molecule has 0 saturated carbocycles. The van der Waals surface area contributed by atoms with Crippen LogP contribution in [0.5, 0.6) is 0 Å². The van der Waals surface area contributed by atoms with E-state index in [1.165, 1.54) is 0 Å². The van der Waals surface area contributed by atoms with E-state index in [4.69, 9.17) is 4.98 Å². The summed E-state index contributed by atoms with van der Waals surface area (Å²) in [5.41, 5.74) is 4.32. The van der Waals surface area contributed by atoms with Gasteiger partial charge in [0.1, 0.15) is 0 Å². The Labute approximate surface area is 176 Å². The van der Waals surface area contributed by atoms with Gasteiger partial charge in [-0.05, 0) is 44.4 Å². The van der Waals surface area contributed by atoms with Gasteiger partial charge < -0.3 is 4.90 Å². The molecule has 0 spiro atoms. The number of carbonyl (C=O) groups excluding carboxylic acids is 1. The van der Waals surface area contributed by atoms with Crippen molar-refractivity contribution in [1.82, 2.24) is 14.5 Å². The molecule has 1 aliphatic heterocycles. The molecule has 0 bridgehead atoms. The van der Waals surface area contributed by atoms with Gasteiger partial charge >= 0.3 is 0 Å². The number of anilines is 1. The molecule has 1 aliphatic rings. The van der Waals surface area contributed by atoms with E-state index < -0.39 is 0 Å². The third-order valence-electron chi connectivity index (χ3n) is 5.81. The monoisotopic (exact) mass is 402 g/mol. The average molecular weight is 402 g/mol. The Bertz CT molecular complexity index is 1140. The molecule has 1 atom stereocenters. The highest BCUT2D eigenvalue weighted by molar-refractivity contribution is 5.99. The summed E-state index contributed by atoms with van der Waals surface area (Å²) >= 11 is 0. The molecule has 2 aromatic heterocycles. The van der Waals surface area contributed by atoms with Crippen molar-refractivity contribution >= 4 is 11.7 Å². The van der Waals surface area contributed by atoms with Gasteiger partial charge in [0.05, 0.1) is 5.69 Å². The zero-order valence-corrected chi connectivity index (χ0v) is 17.6. The topological polar surface area (TPSA) is 68.1 Å².